The number of carbonyl (C=O) groups is 1. The molecule has 1 aliphatic rings. The zero-order valence-corrected chi connectivity index (χ0v) is 13.2. The molecule has 0 aromatic carbocycles. The van der Waals surface area contributed by atoms with Crippen LogP contribution in [0.15, 0.2) is 29.2 Å². The van der Waals surface area contributed by atoms with Gasteiger partial charge in [0.1, 0.15) is 12.4 Å². The van der Waals surface area contributed by atoms with Gasteiger partial charge in [-0.15, -0.1) is 10.2 Å². The van der Waals surface area contributed by atoms with Crippen molar-refractivity contribution < 1.29 is 4.79 Å². The number of rotatable bonds is 4. The smallest absolute Gasteiger partial charge is 0.250 e. The summed E-state index contributed by atoms with van der Waals surface area (Å²) in [5.41, 5.74) is -0.188. The maximum absolute atomic E-state index is 12.2. The highest BCUT2D eigenvalue weighted by atomic mass is 16.2. The lowest BCUT2D eigenvalue weighted by atomic mass is 10.2. The minimum Gasteiger partial charge on any atom is -0.345 e. The molecule has 1 amide bonds. The molecule has 122 valence electrons. The number of hydrogen-bond donors (Lipinski definition) is 1. The topological polar surface area (TPSA) is 81.8 Å². The van der Waals surface area contributed by atoms with E-state index < -0.39 is 0 Å². The highest BCUT2D eigenvalue weighted by molar-refractivity contribution is 5.76. The molecule has 3 heterocycles. The van der Waals surface area contributed by atoms with Crippen LogP contribution in [-0.2, 0) is 24.3 Å². The van der Waals surface area contributed by atoms with Crippen molar-refractivity contribution >= 4 is 5.91 Å². The number of aryl methyl sites for hydroxylation is 1. The average Bonchev–Trinajstić information content (AvgIpc) is 2.79. The number of pyridine rings is 1. The Morgan fingerprint density at radius 3 is 3.00 bits per heavy atom. The van der Waals surface area contributed by atoms with Gasteiger partial charge in [-0.05, 0) is 25.8 Å². The van der Waals surface area contributed by atoms with Crippen molar-refractivity contribution in [3.05, 3.63) is 46.4 Å². The molecule has 0 saturated heterocycles. The Morgan fingerprint density at radius 1 is 1.30 bits per heavy atom. The van der Waals surface area contributed by atoms with E-state index in [1.165, 1.54) is 17.1 Å². The molecule has 1 aliphatic heterocycles. The second-order valence-electron chi connectivity index (χ2n) is 5.89. The predicted octanol–water partition coefficient (Wildman–Crippen LogP) is 1.04. The molecule has 1 atom stereocenters. The molecule has 0 unspecified atom stereocenters. The van der Waals surface area contributed by atoms with Gasteiger partial charge < -0.3 is 14.5 Å². The van der Waals surface area contributed by atoms with Crippen LogP contribution in [0.4, 0.5) is 0 Å². The molecule has 0 saturated carbocycles. The van der Waals surface area contributed by atoms with Gasteiger partial charge in [-0.1, -0.05) is 12.5 Å². The van der Waals surface area contributed by atoms with E-state index in [0.29, 0.717) is 0 Å². The highest BCUT2D eigenvalue weighted by Crippen LogP contribution is 2.18. The van der Waals surface area contributed by atoms with Gasteiger partial charge in [0.05, 0.1) is 6.04 Å². The summed E-state index contributed by atoms with van der Waals surface area (Å²) < 4.78 is 3.50. The van der Waals surface area contributed by atoms with Crippen LogP contribution in [0.25, 0.3) is 0 Å². The van der Waals surface area contributed by atoms with Crippen LogP contribution in [0.5, 0.6) is 0 Å². The summed E-state index contributed by atoms with van der Waals surface area (Å²) in [7, 11) is 0. The van der Waals surface area contributed by atoms with E-state index in [-0.39, 0.29) is 24.1 Å². The average molecular weight is 315 g/mol. The van der Waals surface area contributed by atoms with Crippen molar-refractivity contribution in [1.29, 1.82) is 0 Å². The van der Waals surface area contributed by atoms with Gasteiger partial charge >= 0.3 is 0 Å². The Kier molecular flexibility index (Phi) is 4.55. The summed E-state index contributed by atoms with van der Waals surface area (Å²) in [6.45, 7) is 2.80. The van der Waals surface area contributed by atoms with Crippen molar-refractivity contribution in [2.24, 2.45) is 0 Å². The lowest BCUT2D eigenvalue weighted by Gasteiger charge is -2.15. The monoisotopic (exact) mass is 315 g/mol. The molecule has 2 aromatic rings. The lowest BCUT2D eigenvalue weighted by molar-refractivity contribution is -0.122. The fourth-order valence-electron chi connectivity index (χ4n) is 2.93. The SMILES string of the molecule is C[C@H](NC(=O)Cn1ccccc1=O)c1nnc2n1CCCCC2. The zero-order chi connectivity index (χ0) is 16.2. The largest absolute Gasteiger partial charge is 0.345 e. The van der Waals surface area contributed by atoms with Crippen LogP contribution in [0.1, 0.15) is 43.9 Å². The van der Waals surface area contributed by atoms with Gasteiger partial charge in [0.15, 0.2) is 5.82 Å². The van der Waals surface area contributed by atoms with Crippen LogP contribution in [0, 0.1) is 0 Å². The zero-order valence-electron chi connectivity index (χ0n) is 13.2. The first-order valence-corrected chi connectivity index (χ1v) is 8.02. The van der Waals surface area contributed by atoms with Gasteiger partial charge in [-0.25, -0.2) is 0 Å². The van der Waals surface area contributed by atoms with Crippen molar-refractivity contribution in [2.45, 2.75) is 51.7 Å². The quantitative estimate of drug-likeness (QED) is 0.914. The van der Waals surface area contributed by atoms with E-state index in [1.807, 2.05) is 6.92 Å². The summed E-state index contributed by atoms with van der Waals surface area (Å²) in [4.78, 5) is 23.8. The number of nitrogens with one attached hydrogen (secondary N) is 1. The van der Waals surface area contributed by atoms with E-state index in [9.17, 15) is 9.59 Å². The van der Waals surface area contributed by atoms with Gasteiger partial charge in [-0.2, -0.15) is 0 Å². The molecule has 0 spiro atoms. The first-order valence-electron chi connectivity index (χ1n) is 8.02. The highest BCUT2D eigenvalue weighted by Gasteiger charge is 2.20. The molecule has 7 nitrogen and oxygen atoms in total. The minimum atomic E-state index is -0.235. The second-order valence-corrected chi connectivity index (χ2v) is 5.89. The first-order chi connectivity index (χ1) is 11.1. The number of fused-ring (bicyclic) bond motifs is 1. The van der Waals surface area contributed by atoms with E-state index in [0.717, 1.165) is 37.5 Å². The van der Waals surface area contributed by atoms with Crippen LogP contribution >= 0.6 is 0 Å². The summed E-state index contributed by atoms with van der Waals surface area (Å²) in [6, 6.07) is 4.59. The third-order valence-electron chi connectivity index (χ3n) is 4.12. The van der Waals surface area contributed by atoms with E-state index in [1.54, 1.807) is 18.3 Å². The van der Waals surface area contributed by atoms with Crippen LogP contribution in [-0.4, -0.2) is 25.2 Å². The molecule has 1 N–H and O–H groups in total. The maximum Gasteiger partial charge on any atom is 0.250 e. The molecule has 0 bridgehead atoms. The summed E-state index contributed by atoms with van der Waals surface area (Å²) in [6.07, 6.45) is 5.98. The van der Waals surface area contributed by atoms with Crippen LogP contribution in [0.3, 0.4) is 0 Å². The van der Waals surface area contributed by atoms with Crippen molar-refractivity contribution in [2.75, 3.05) is 0 Å². The Morgan fingerprint density at radius 2 is 2.17 bits per heavy atom. The lowest BCUT2D eigenvalue weighted by Crippen LogP contribution is -2.34. The van der Waals surface area contributed by atoms with Crippen LogP contribution in [0.2, 0.25) is 0 Å². The number of nitrogens with zero attached hydrogens (tertiary/aromatic N) is 4. The minimum absolute atomic E-state index is 0.00497. The van der Waals surface area contributed by atoms with Gasteiger partial charge in [0, 0.05) is 25.2 Å². The Bertz CT molecular complexity index is 749. The van der Waals surface area contributed by atoms with Gasteiger partial charge in [0.25, 0.3) is 5.56 Å². The predicted molar refractivity (Wildman–Crippen MR) is 84.8 cm³/mol. The molecule has 0 aliphatic carbocycles. The molecule has 0 fully saturated rings. The van der Waals surface area contributed by atoms with Crippen molar-refractivity contribution in [3.8, 4) is 0 Å². The van der Waals surface area contributed by atoms with Crippen molar-refractivity contribution in [1.82, 2.24) is 24.6 Å². The molecule has 0 radical (unpaired) electrons. The number of aromatic nitrogens is 4. The second kappa shape index (κ2) is 6.76. The number of carbonyl (C=O) groups excluding carboxylic acids is 1. The van der Waals surface area contributed by atoms with Crippen molar-refractivity contribution in [3.63, 3.8) is 0 Å². The Hall–Kier alpha value is -2.44. The van der Waals surface area contributed by atoms with E-state index >= 15 is 0 Å². The molecule has 7 heteroatoms. The summed E-state index contributed by atoms with van der Waals surface area (Å²) >= 11 is 0. The fraction of sp³-hybridized carbons (Fsp3) is 0.500. The maximum atomic E-state index is 12.2. The van der Waals surface area contributed by atoms with Gasteiger partial charge in [-0.3, -0.25) is 9.59 Å². The molecule has 3 rings (SSSR count). The third kappa shape index (κ3) is 3.49. The fourth-order valence-corrected chi connectivity index (χ4v) is 2.93. The first kappa shape index (κ1) is 15.5. The van der Waals surface area contributed by atoms with Gasteiger partial charge in [0.2, 0.25) is 5.91 Å². The molecular formula is C16H21N5O2. The Balaban J connectivity index is 1.68. The van der Waals surface area contributed by atoms with E-state index in [2.05, 4.69) is 20.1 Å². The van der Waals surface area contributed by atoms with E-state index in [4.69, 9.17) is 0 Å². The summed E-state index contributed by atoms with van der Waals surface area (Å²) in [5.74, 6) is 1.57. The standard InChI is InChI=1S/C16H21N5O2/c1-12(16-19-18-13-7-3-2-5-10-21(13)16)17-14(22)11-20-9-6-4-8-15(20)23/h4,6,8-9,12H,2-3,5,7,10-11H2,1H3,(H,17,22)/t12-/m0/s1. The molecule has 2 aromatic heterocycles. The Labute approximate surface area is 134 Å². The summed E-state index contributed by atoms with van der Waals surface area (Å²) in [5, 5.41) is 11.4. The third-order valence-corrected chi connectivity index (χ3v) is 4.12. The number of amides is 1. The number of hydrogen-bond acceptors (Lipinski definition) is 4. The molecular weight excluding hydrogens is 294 g/mol. The van der Waals surface area contributed by atoms with Crippen LogP contribution < -0.4 is 10.9 Å². The normalized spacial score (nSPS) is 15.5. The molecule has 23 heavy (non-hydrogen) atoms.